The van der Waals surface area contributed by atoms with Crippen LogP contribution in [-0.4, -0.2) is 30.9 Å². The highest BCUT2D eigenvalue weighted by molar-refractivity contribution is 8.00. The molecule has 0 radical (unpaired) electrons. The summed E-state index contributed by atoms with van der Waals surface area (Å²) in [5.41, 5.74) is 2.31. The maximum atomic E-state index is 12.9. The molecule has 1 atom stereocenters. The lowest BCUT2D eigenvalue weighted by atomic mass is 10.2. The van der Waals surface area contributed by atoms with Crippen LogP contribution in [0.1, 0.15) is 12.5 Å². The Morgan fingerprint density at radius 3 is 2.79 bits per heavy atom. The number of para-hydroxylation sites is 1. The summed E-state index contributed by atoms with van der Waals surface area (Å²) < 4.78 is 11.2. The summed E-state index contributed by atoms with van der Waals surface area (Å²) in [6.45, 7) is 3.89. The summed E-state index contributed by atoms with van der Waals surface area (Å²) in [4.78, 5) is 15.8. The fraction of sp³-hybridized carbons (Fsp3) is 0.316. The van der Waals surface area contributed by atoms with Gasteiger partial charge in [-0.05, 0) is 43.2 Å². The molecule has 4 nitrogen and oxygen atoms in total. The molecule has 2 aromatic rings. The van der Waals surface area contributed by atoms with E-state index < -0.39 is 0 Å². The van der Waals surface area contributed by atoms with E-state index in [9.17, 15) is 4.79 Å². The molecule has 0 aliphatic carbocycles. The molecular weight excluding hydrogens is 322 g/mol. The first kappa shape index (κ1) is 15.4. The van der Waals surface area contributed by atoms with Gasteiger partial charge in [0.15, 0.2) is 11.5 Å². The lowest BCUT2D eigenvalue weighted by Crippen LogP contribution is -2.35. The Balaban J connectivity index is 1.48. The minimum Gasteiger partial charge on any atom is -0.486 e. The second-order valence-corrected chi connectivity index (χ2v) is 7.35. The summed E-state index contributed by atoms with van der Waals surface area (Å²) in [6, 6.07) is 14.0. The van der Waals surface area contributed by atoms with Crippen molar-refractivity contribution in [1.29, 1.82) is 0 Å². The predicted octanol–water partition coefficient (Wildman–Crippen LogP) is 3.53. The number of fused-ring (bicyclic) bond motifs is 2. The van der Waals surface area contributed by atoms with Gasteiger partial charge in [0.05, 0.1) is 5.25 Å². The summed E-state index contributed by atoms with van der Waals surface area (Å²) in [5.74, 6) is 1.69. The number of carbonyl (C=O) groups is 1. The molecule has 0 bridgehead atoms. The third kappa shape index (κ3) is 2.84. The van der Waals surface area contributed by atoms with Crippen molar-refractivity contribution in [2.45, 2.75) is 23.5 Å². The van der Waals surface area contributed by atoms with E-state index in [0.29, 0.717) is 13.2 Å². The van der Waals surface area contributed by atoms with Gasteiger partial charge in [-0.1, -0.05) is 18.2 Å². The van der Waals surface area contributed by atoms with Crippen LogP contribution >= 0.6 is 11.8 Å². The van der Waals surface area contributed by atoms with Crippen molar-refractivity contribution in [2.24, 2.45) is 0 Å². The highest BCUT2D eigenvalue weighted by Crippen LogP contribution is 2.36. The molecule has 0 N–H and O–H groups in total. The summed E-state index contributed by atoms with van der Waals surface area (Å²) in [5, 5.41) is -0.154. The van der Waals surface area contributed by atoms with Crippen LogP contribution in [0.4, 0.5) is 5.69 Å². The highest BCUT2D eigenvalue weighted by atomic mass is 32.2. The topological polar surface area (TPSA) is 38.8 Å². The summed E-state index contributed by atoms with van der Waals surface area (Å²) in [6.07, 6.45) is 0.934. The second kappa shape index (κ2) is 6.40. The number of hydrogen-bond acceptors (Lipinski definition) is 4. The van der Waals surface area contributed by atoms with Crippen molar-refractivity contribution in [2.75, 3.05) is 24.7 Å². The van der Waals surface area contributed by atoms with E-state index in [2.05, 4.69) is 6.07 Å². The molecule has 0 saturated heterocycles. The molecule has 0 saturated carbocycles. The van der Waals surface area contributed by atoms with E-state index >= 15 is 0 Å². The van der Waals surface area contributed by atoms with Crippen molar-refractivity contribution in [3.8, 4) is 11.5 Å². The van der Waals surface area contributed by atoms with Gasteiger partial charge in [0.25, 0.3) is 0 Å². The number of benzene rings is 2. The maximum absolute atomic E-state index is 12.9. The number of nitrogens with zero attached hydrogens (tertiary/aromatic N) is 1. The van der Waals surface area contributed by atoms with Crippen LogP contribution < -0.4 is 14.4 Å². The van der Waals surface area contributed by atoms with Crippen LogP contribution in [0, 0.1) is 0 Å². The van der Waals surface area contributed by atoms with Gasteiger partial charge in [-0.2, -0.15) is 0 Å². The van der Waals surface area contributed by atoms with Gasteiger partial charge in [0.2, 0.25) is 5.91 Å². The van der Waals surface area contributed by atoms with Crippen molar-refractivity contribution < 1.29 is 14.3 Å². The average Bonchev–Trinajstić information content (AvgIpc) is 3.05. The molecule has 0 aromatic heterocycles. The van der Waals surface area contributed by atoms with Crippen molar-refractivity contribution in [1.82, 2.24) is 0 Å². The quantitative estimate of drug-likeness (QED) is 0.801. The minimum absolute atomic E-state index is 0.153. The molecule has 124 valence electrons. The van der Waals surface area contributed by atoms with Crippen LogP contribution in [0.3, 0.4) is 0 Å². The molecule has 1 unspecified atom stereocenters. The monoisotopic (exact) mass is 341 g/mol. The maximum Gasteiger partial charge on any atom is 0.240 e. The summed E-state index contributed by atoms with van der Waals surface area (Å²) >= 11 is 1.56. The molecule has 2 aliphatic heterocycles. The zero-order chi connectivity index (χ0) is 16.5. The number of amides is 1. The molecule has 1 amide bonds. The molecule has 2 aliphatic rings. The fourth-order valence-corrected chi connectivity index (χ4v) is 4.10. The predicted molar refractivity (Wildman–Crippen MR) is 95.3 cm³/mol. The van der Waals surface area contributed by atoms with Gasteiger partial charge >= 0.3 is 0 Å². The number of rotatable bonds is 3. The first-order valence-electron chi connectivity index (χ1n) is 8.18. The number of ether oxygens (including phenoxy) is 2. The van der Waals surface area contributed by atoms with Gasteiger partial charge in [0, 0.05) is 17.1 Å². The minimum atomic E-state index is -0.154. The van der Waals surface area contributed by atoms with Crippen LogP contribution in [0.5, 0.6) is 11.5 Å². The van der Waals surface area contributed by atoms with Gasteiger partial charge in [-0.25, -0.2) is 0 Å². The third-order valence-electron chi connectivity index (χ3n) is 4.33. The van der Waals surface area contributed by atoms with Crippen molar-refractivity contribution in [3.63, 3.8) is 0 Å². The van der Waals surface area contributed by atoms with E-state index in [0.717, 1.165) is 35.0 Å². The Labute approximate surface area is 145 Å². The largest absolute Gasteiger partial charge is 0.486 e. The van der Waals surface area contributed by atoms with Gasteiger partial charge < -0.3 is 14.4 Å². The molecular formula is C19H19NO3S. The number of thioether (sulfide) groups is 1. The van der Waals surface area contributed by atoms with E-state index in [1.54, 1.807) is 11.8 Å². The van der Waals surface area contributed by atoms with E-state index in [4.69, 9.17) is 9.47 Å². The Kier molecular flexibility index (Phi) is 4.10. The second-order valence-electron chi connectivity index (χ2n) is 5.93. The first-order valence-corrected chi connectivity index (χ1v) is 9.06. The lowest BCUT2D eigenvalue weighted by molar-refractivity contribution is -0.117. The van der Waals surface area contributed by atoms with E-state index in [1.165, 1.54) is 5.56 Å². The standard InChI is InChI=1S/C19H19NO3S/c1-13(19(21)20-9-8-14-4-2-3-5-16(14)20)24-15-6-7-17-18(12-15)23-11-10-22-17/h2-7,12-13H,8-11H2,1H3. The van der Waals surface area contributed by atoms with Crippen molar-refractivity contribution in [3.05, 3.63) is 48.0 Å². The van der Waals surface area contributed by atoms with Gasteiger partial charge in [-0.3, -0.25) is 4.79 Å². The Bertz CT molecular complexity index is 777. The zero-order valence-corrected chi connectivity index (χ0v) is 14.3. The normalized spacial score (nSPS) is 16.6. The zero-order valence-electron chi connectivity index (χ0n) is 13.5. The smallest absolute Gasteiger partial charge is 0.240 e. The number of hydrogen-bond donors (Lipinski definition) is 0. The average molecular weight is 341 g/mol. The molecule has 4 rings (SSSR count). The van der Waals surface area contributed by atoms with Gasteiger partial charge in [-0.15, -0.1) is 11.8 Å². The van der Waals surface area contributed by atoms with Crippen LogP contribution in [0.25, 0.3) is 0 Å². The molecule has 2 aromatic carbocycles. The highest BCUT2D eigenvalue weighted by Gasteiger charge is 2.28. The van der Waals surface area contributed by atoms with Crippen LogP contribution in [0.2, 0.25) is 0 Å². The number of carbonyl (C=O) groups excluding carboxylic acids is 1. The molecule has 0 spiro atoms. The SMILES string of the molecule is CC(Sc1ccc2c(c1)OCCO2)C(=O)N1CCc2ccccc21. The molecule has 0 fully saturated rings. The molecule has 5 heteroatoms. The third-order valence-corrected chi connectivity index (χ3v) is 5.41. The fourth-order valence-electron chi connectivity index (χ4n) is 3.14. The van der Waals surface area contributed by atoms with Crippen LogP contribution in [-0.2, 0) is 11.2 Å². The number of anilines is 1. The summed E-state index contributed by atoms with van der Waals surface area (Å²) in [7, 11) is 0. The Morgan fingerprint density at radius 2 is 1.92 bits per heavy atom. The Hall–Kier alpha value is -2.14. The van der Waals surface area contributed by atoms with Gasteiger partial charge in [0.1, 0.15) is 13.2 Å². The van der Waals surface area contributed by atoms with Crippen molar-refractivity contribution >= 4 is 23.4 Å². The van der Waals surface area contributed by atoms with E-state index in [1.807, 2.05) is 48.2 Å². The van der Waals surface area contributed by atoms with E-state index in [-0.39, 0.29) is 11.2 Å². The lowest BCUT2D eigenvalue weighted by Gasteiger charge is -2.22. The molecule has 2 heterocycles. The van der Waals surface area contributed by atoms with Crippen LogP contribution in [0.15, 0.2) is 47.4 Å². The Morgan fingerprint density at radius 1 is 1.12 bits per heavy atom. The molecule has 24 heavy (non-hydrogen) atoms. The first-order chi connectivity index (χ1) is 11.7.